The minimum Gasteiger partial charge on any atom is -0.497 e. The number of rotatable bonds is 4. The summed E-state index contributed by atoms with van der Waals surface area (Å²) >= 11 is 0. The average Bonchev–Trinajstić information content (AvgIpc) is 3.59. The molecule has 2 heterocycles. The standard InChI is InChI=1S/C27H29N3O4/c1-17-13-21(16-28(17)22-6-7-22)20-5-12-25-26(14-20)29(15-18(2)30(25)19(3)31)27(32)34-24-10-8-23(33-4)9-11-24/h5,8-14,16,18,22H,6-7,15H2,1-4H3. The van der Waals surface area contributed by atoms with Crippen molar-refractivity contribution < 1.29 is 19.1 Å². The maximum absolute atomic E-state index is 13.3. The van der Waals surface area contributed by atoms with Gasteiger partial charge >= 0.3 is 6.09 Å². The van der Waals surface area contributed by atoms with Crippen LogP contribution >= 0.6 is 0 Å². The first-order valence-electron chi connectivity index (χ1n) is 11.6. The van der Waals surface area contributed by atoms with Crippen LogP contribution in [0.3, 0.4) is 0 Å². The molecule has 3 aromatic rings. The lowest BCUT2D eigenvalue weighted by molar-refractivity contribution is -0.117. The van der Waals surface area contributed by atoms with Crippen LogP contribution in [0, 0.1) is 6.92 Å². The number of carbonyl (C=O) groups excluding carboxylic acids is 2. The fourth-order valence-electron chi connectivity index (χ4n) is 4.75. The zero-order chi connectivity index (χ0) is 24.0. The SMILES string of the molecule is COc1ccc(OC(=O)N2CC(C)N(C(C)=O)c3ccc(-c4cc(C)n(C5CC5)c4)cc32)cc1. The minimum absolute atomic E-state index is 0.0552. The van der Waals surface area contributed by atoms with Crippen LogP contribution in [0.25, 0.3) is 11.1 Å². The number of amides is 2. The topological polar surface area (TPSA) is 64.0 Å². The van der Waals surface area contributed by atoms with Gasteiger partial charge in [0.25, 0.3) is 0 Å². The molecule has 34 heavy (non-hydrogen) atoms. The predicted molar refractivity (Wildman–Crippen MR) is 132 cm³/mol. The van der Waals surface area contributed by atoms with E-state index >= 15 is 0 Å². The summed E-state index contributed by atoms with van der Waals surface area (Å²) in [5.74, 6) is 1.06. The van der Waals surface area contributed by atoms with E-state index in [1.807, 2.05) is 25.1 Å². The number of hydrogen-bond acceptors (Lipinski definition) is 4. The van der Waals surface area contributed by atoms with Gasteiger partial charge in [0.15, 0.2) is 0 Å². The van der Waals surface area contributed by atoms with E-state index in [1.165, 1.54) is 18.5 Å². The number of anilines is 2. The van der Waals surface area contributed by atoms with Gasteiger partial charge in [-0.1, -0.05) is 6.07 Å². The third kappa shape index (κ3) is 4.02. The van der Waals surface area contributed by atoms with Crippen molar-refractivity contribution >= 4 is 23.4 Å². The minimum atomic E-state index is -0.481. The fraction of sp³-hybridized carbons (Fsp3) is 0.333. The van der Waals surface area contributed by atoms with Gasteiger partial charge in [0.2, 0.25) is 5.91 Å². The van der Waals surface area contributed by atoms with Crippen molar-refractivity contribution in [1.29, 1.82) is 0 Å². The number of hydrogen-bond donors (Lipinski definition) is 0. The van der Waals surface area contributed by atoms with Crippen molar-refractivity contribution in [3.8, 4) is 22.6 Å². The Labute approximate surface area is 199 Å². The molecule has 0 radical (unpaired) electrons. The summed E-state index contributed by atoms with van der Waals surface area (Å²) in [5, 5.41) is 0. The Hall–Kier alpha value is -3.74. The van der Waals surface area contributed by atoms with Crippen LogP contribution in [0.4, 0.5) is 16.2 Å². The molecule has 1 aliphatic carbocycles. The highest BCUT2D eigenvalue weighted by Gasteiger charge is 2.35. The van der Waals surface area contributed by atoms with Crippen LogP contribution in [0.15, 0.2) is 54.7 Å². The number of aromatic nitrogens is 1. The molecule has 1 fully saturated rings. The van der Waals surface area contributed by atoms with E-state index in [4.69, 9.17) is 9.47 Å². The maximum atomic E-state index is 13.3. The molecule has 2 aliphatic rings. The van der Waals surface area contributed by atoms with Crippen molar-refractivity contribution in [2.75, 3.05) is 23.5 Å². The van der Waals surface area contributed by atoms with Gasteiger partial charge in [-0.25, -0.2) is 4.79 Å². The maximum Gasteiger partial charge on any atom is 0.419 e. The number of fused-ring (bicyclic) bond motifs is 1. The Bertz CT molecular complexity index is 1240. The van der Waals surface area contributed by atoms with Gasteiger partial charge in [-0.15, -0.1) is 0 Å². The van der Waals surface area contributed by atoms with Gasteiger partial charge in [-0.3, -0.25) is 9.69 Å². The van der Waals surface area contributed by atoms with E-state index in [9.17, 15) is 9.59 Å². The predicted octanol–water partition coefficient (Wildman–Crippen LogP) is 5.57. The van der Waals surface area contributed by atoms with Crippen molar-refractivity contribution in [3.63, 3.8) is 0 Å². The number of benzene rings is 2. The molecule has 0 saturated heterocycles. The zero-order valence-corrected chi connectivity index (χ0v) is 19.9. The lowest BCUT2D eigenvalue weighted by Crippen LogP contribution is -2.52. The number of aryl methyl sites for hydroxylation is 1. The molecule has 0 spiro atoms. The van der Waals surface area contributed by atoms with Gasteiger partial charge in [-0.05, 0) is 80.3 Å². The van der Waals surface area contributed by atoms with E-state index < -0.39 is 6.09 Å². The number of carbonyl (C=O) groups is 2. The van der Waals surface area contributed by atoms with Crippen molar-refractivity contribution in [1.82, 2.24) is 4.57 Å². The molecule has 1 saturated carbocycles. The zero-order valence-electron chi connectivity index (χ0n) is 19.9. The fourth-order valence-corrected chi connectivity index (χ4v) is 4.75. The summed E-state index contributed by atoms with van der Waals surface area (Å²) in [6, 6.07) is 15.4. The first-order chi connectivity index (χ1) is 16.4. The summed E-state index contributed by atoms with van der Waals surface area (Å²) < 4.78 is 13.2. The molecule has 7 heteroatoms. The lowest BCUT2D eigenvalue weighted by atomic mass is 10.0. The Morgan fingerprint density at radius 2 is 1.65 bits per heavy atom. The third-order valence-electron chi connectivity index (χ3n) is 6.56. The molecule has 1 unspecified atom stereocenters. The molecule has 5 rings (SSSR count). The Morgan fingerprint density at radius 3 is 2.29 bits per heavy atom. The van der Waals surface area contributed by atoms with Gasteiger partial charge < -0.3 is 18.9 Å². The second-order valence-corrected chi connectivity index (χ2v) is 9.10. The van der Waals surface area contributed by atoms with Crippen LogP contribution < -0.4 is 19.3 Å². The number of nitrogens with zero attached hydrogens (tertiary/aromatic N) is 3. The van der Waals surface area contributed by atoms with Gasteiger partial charge in [0.05, 0.1) is 24.5 Å². The van der Waals surface area contributed by atoms with E-state index in [0.29, 0.717) is 35.5 Å². The van der Waals surface area contributed by atoms with E-state index in [2.05, 4.69) is 23.8 Å². The van der Waals surface area contributed by atoms with Crippen molar-refractivity contribution in [2.45, 2.75) is 45.7 Å². The molecule has 7 nitrogen and oxygen atoms in total. The lowest BCUT2D eigenvalue weighted by Gasteiger charge is -2.40. The van der Waals surface area contributed by atoms with Crippen LogP contribution in [0.2, 0.25) is 0 Å². The smallest absolute Gasteiger partial charge is 0.419 e. The Morgan fingerprint density at radius 1 is 0.941 bits per heavy atom. The summed E-state index contributed by atoms with van der Waals surface area (Å²) in [5.41, 5.74) is 4.70. The molecule has 1 aliphatic heterocycles. The van der Waals surface area contributed by atoms with Crippen molar-refractivity contribution in [3.05, 3.63) is 60.4 Å². The average molecular weight is 460 g/mol. The van der Waals surface area contributed by atoms with Crippen LogP contribution in [0.1, 0.15) is 38.4 Å². The van der Waals surface area contributed by atoms with Gasteiger partial charge in [-0.2, -0.15) is 0 Å². The molecule has 0 bridgehead atoms. The summed E-state index contributed by atoms with van der Waals surface area (Å²) in [6.45, 7) is 5.95. The van der Waals surface area contributed by atoms with Crippen LogP contribution in [0.5, 0.6) is 11.5 Å². The highest BCUT2D eigenvalue weighted by atomic mass is 16.6. The monoisotopic (exact) mass is 459 g/mol. The first kappa shape index (κ1) is 22.1. The molecule has 176 valence electrons. The summed E-state index contributed by atoms with van der Waals surface area (Å²) in [7, 11) is 1.59. The third-order valence-corrected chi connectivity index (χ3v) is 6.56. The van der Waals surface area contributed by atoms with Crippen molar-refractivity contribution in [2.24, 2.45) is 0 Å². The normalized spacial score (nSPS) is 17.4. The second kappa shape index (κ2) is 8.56. The van der Waals surface area contributed by atoms with E-state index in [-0.39, 0.29) is 11.9 Å². The molecule has 0 N–H and O–H groups in total. The first-order valence-corrected chi connectivity index (χ1v) is 11.6. The molecular weight excluding hydrogens is 430 g/mol. The number of methoxy groups -OCH3 is 1. The van der Waals surface area contributed by atoms with Gasteiger partial charge in [0.1, 0.15) is 11.5 Å². The Kier molecular flexibility index (Phi) is 5.55. The van der Waals surface area contributed by atoms with Crippen LogP contribution in [-0.4, -0.2) is 36.3 Å². The molecule has 1 atom stereocenters. The summed E-state index contributed by atoms with van der Waals surface area (Å²) in [4.78, 5) is 29.1. The van der Waals surface area contributed by atoms with E-state index in [1.54, 1.807) is 48.1 Å². The highest BCUT2D eigenvalue weighted by molar-refractivity contribution is 6.03. The molecule has 2 aromatic carbocycles. The largest absolute Gasteiger partial charge is 0.497 e. The quantitative estimate of drug-likeness (QED) is 0.512. The second-order valence-electron chi connectivity index (χ2n) is 9.10. The van der Waals surface area contributed by atoms with Gasteiger partial charge in [0, 0.05) is 31.4 Å². The van der Waals surface area contributed by atoms with E-state index in [0.717, 1.165) is 11.1 Å². The molecule has 2 amide bonds. The summed E-state index contributed by atoms with van der Waals surface area (Å²) in [6.07, 6.45) is 4.14. The number of ether oxygens (including phenoxy) is 2. The highest BCUT2D eigenvalue weighted by Crippen LogP contribution is 2.41. The Balaban J connectivity index is 1.51. The molecular formula is C27H29N3O4. The molecule has 1 aromatic heterocycles. The van der Waals surface area contributed by atoms with Crippen LogP contribution in [-0.2, 0) is 4.79 Å².